The van der Waals surface area contributed by atoms with E-state index in [0.29, 0.717) is 19.7 Å². The molecule has 0 bridgehead atoms. The van der Waals surface area contributed by atoms with Crippen molar-refractivity contribution in [3.8, 4) is 5.75 Å². The van der Waals surface area contributed by atoms with Crippen molar-refractivity contribution in [1.29, 1.82) is 0 Å². The first-order valence-corrected chi connectivity index (χ1v) is 9.26. The summed E-state index contributed by atoms with van der Waals surface area (Å²) in [4.78, 5) is 4.61. The van der Waals surface area contributed by atoms with E-state index >= 15 is 0 Å². The van der Waals surface area contributed by atoms with Crippen molar-refractivity contribution in [2.24, 2.45) is 4.99 Å². The van der Waals surface area contributed by atoms with Crippen LogP contribution in [0.15, 0.2) is 53.7 Å². The lowest BCUT2D eigenvalue weighted by molar-refractivity contribution is 0.322. The van der Waals surface area contributed by atoms with E-state index in [9.17, 15) is 0 Å². The summed E-state index contributed by atoms with van der Waals surface area (Å²) in [6.07, 6.45) is 2.70. The van der Waals surface area contributed by atoms with Crippen LogP contribution in [-0.4, -0.2) is 46.8 Å². The van der Waals surface area contributed by atoms with Gasteiger partial charge in [0, 0.05) is 25.7 Å². The van der Waals surface area contributed by atoms with Crippen molar-refractivity contribution in [3.63, 3.8) is 0 Å². The summed E-state index contributed by atoms with van der Waals surface area (Å²) >= 11 is 0. The molecule has 0 saturated heterocycles. The van der Waals surface area contributed by atoms with Crippen molar-refractivity contribution in [3.05, 3.63) is 60.0 Å². The molecule has 142 valence electrons. The van der Waals surface area contributed by atoms with E-state index in [0.717, 1.165) is 36.1 Å². The summed E-state index contributed by atoms with van der Waals surface area (Å²) in [7, 11) is 0. The number of hydrogen-bond donors (Lipinski definition) is 2. The van der Waals surface area contributed by atoms with Gasteiger partial charge in [0.05, 0.1) is 6.54 Å². The molecule has 0 aliphatic heterocycles. The minimum Gasteiger partial charge on any atom is -0.492 e. The molecular weight excluding hydrogens is 340 g/mol. The Morgan fingerprint density at radius 1 is 1.11 bits per heavy atom. The van der Waals surface area contributed by atoms with Crippen LogP contribution in [0.4, 0.5) is 0 Å². The van der Waals surface area contributed by atoms with Gasteiger partial charge in [-0.2, -0.15) is 0 Å². The first kappa shape index (κ1) is 18.7. The molecule has 0 unspecified atom stereocenters. The number of nitrogens with zero attached hydrogens (tertiary/aromatic N) is 4. The van der Waals surface area contributed by atoms with Crippen LogP contribution in [0, 0.1) is 6.92 Å². The fourth-order valence-corrected chi connectivity index (χ4v) is 2.64. The van der Waals surface area contributed by atoms with Crippen molar-refractivity contribution in [2.45, 2.75) is 20.3 Å². The Balaban J connectivity index is 1.46. The quantitative estimate of drug-likeness (QED) is 0.363. The van der Waals surface area contributed by atoms with Gasteiger partial charge in [-0.05, 0) is 38.1 Å². The van der Waals surface area contributed by atoms with Crippen LogP contribution in [0.2, 0.25) is 0 Å². The lowest BCUT2D eigenvalue weighted by Gasteiger charge is -2.12. The first-order valence-electron chi connectivity index (χ1n) is 9.26. The minimum absolute atomic E-state index is 0.572. The summed E-state index contributed by atoms with van der Waals surface area (Å²) in [5, 5.41) is 14.9. The standard InChI is InChI=1S/C20H26N6O/c1-3-21-20(23-13-15-27-17-9-7-16(2)8-10-17)22-12-11-19-25-24-18-6-4-5-14-26(18)19/h4-10,14H,3,11-13,15H2,1-2H3,(H2,21,22,23). The van der Waals surface area contributed by atoms with Crippen LogP contribution in [0.3, 0.4) is 0 Å². The number of ether oxygens (including phenoxy) is 1. The highest BCUT2D eigenvalue weighted by atomic mass is 16.5. The third-order valence-electron chi connectivity index (χ3n) is 4.02. The van der Waals surface area contributed by atoms with Crippen LogP contribution >= 0.6 is 0 Å². The molecule has 0 saturated carbocycles. The summed E-state index contributed by atoms with van der Waals surface area (Å²) in [6, 6.07) is 13.9. The second-order valence-corrected chi connectivity index (χ2v) is 6.14. The fraction of sp³-hybridized carbons (Fsp3) is 0.350. The second kappa shape index (κ2) is 9.56. The van der Waals surface area contributed by atoms with Crippen molar-refractivity contribution in [1.82, 2.24) is 25.2 Å². The number of rotatable bonds is 8. The van der Waals surface area contributed by atoms with Gasteiger partial charge in [0.15, 0.2) is 11.6 Å². The zero-order valence-electron chi connectivity index (χ0n) is 15.9. The number of nitrogens with one attached hydrogen (secondary N) is 2. The van der Waals surface area contributed by atoms with Gasteiger partial charge in [-0.15, -0.1) is 10.2 Å². The van der Waals surface area contributed by atoms with Gasteiger partial charge >= 0.3 is 0 Å². The van der Waals surface area contributed by atoms with E-state index in [2.05, 4.69) is 32.7 Å². The molecule has 1 aromatic carbocycles. The third-order valence-corrected chi connectivity index (χ3v) is 4.02. The van der Waals surface area contributed by atoms with Gasteiger partial charge < -0.3 is 15.4 Å². The number of fused-ring (bicyclic) bond motifs is 1. The number of guanidine groups is 1. The summed E-state index contributed by atoms with van der Waals surface area (Å²) in [6.45, 7) is 6.79. The maximum absolute atomic E-state index is 5.73. The molecule has 3 aromatic rings. The van der Waals surface area contributed by atoms with Crippen LogP contribution in [-0.2, 0) is 6.42 Å². The Labute approximate surface area is 159 Å². The largest absolute Gasteiger partial charge is 0.492 e. The second-order valence-electron chi connectivity index (χ2n) is 6.14. The maximum Gasteiger partial charge on any atom is 0.191 e. The molecule has 7 heteroatoms. The van der Waals surface area contributed by atoms with Crippen LogP contribution < -0.4 is 15.4 Å². The van der Waals surface area contributed by atoms with E-state index < -0.39 is 0 Å². The molecule has 0 fully saturated rings. The molecule has 2 N–H and O–H groups in total. The molecule has 0 aliphatic carbocycles. The summed E-state index contributed by atoms with van der Waals surface area (Å²) in [5.41, 5.74) is 2.08. The Hall–Kier alpha value is -3.09. The van der Waals surface area contributed by atoms with E-state index in [1.54, 1.807) is 0 Å². The number of aryl methyl sites for hydroxylation is 1. The van der Waals surface area contributed by atoms with Gasteiger partial charge in [0.25, 0.3) is 0 Å². The maximum atomic E-state index is 5.73. The van der Waals surface area contributed by atoms with Crippen LogP contribution in [0.1, 0.15) is 18.3 Å². The minimum atomic E-state index is 0.572. The summed E-state index contributed by atoms with van der Waals surface area (Å²) < 4.78 is 7.73. The monoisotopic (exact) mass is 366 g/mol. The molecule has 0 radical (unpaired) electrons. The van der Waals surface area contributed by atoms with Gasteiger partial charge in [-0.1, -0.05) is 23.8 Å². The van der Waals surface area contributed by atoms with Crippen LogP contribution in [0.25, 0.3) is 5.65 Å². The third kappa shape index (κ3) is 5.44. The number of aromatic nitrogens is 3. The predicted molar refractivity (Wildman–Crippen MR) is 107 cm³/mol. The van der Waals surface area contributed by atoms with Gasteiger partial charge in [0.1, 0.15) is 18.2 Å². The molecule has 7 nitrogen and oxygen atoms in total. The molecule has 0 spiro atoms. The van der Waals surface area contributed by atoms with Crippen LogP contribution in [0.5, 0.6) is 5.75 Å². The van der Waals surface area contributed by atoms with Crippen molar-refractivity contribution in [2.75, 3.05) is 26.2 Å². The lowest BCUT2D eigenvalue weighted by atomic mass is 10.2. The highest BCUT2D eigenvalue weighted by Gasteiger charge is 2.04. The molecular formula is C20H26N6O. The lowest BCUT2D eigenvalue weighted by Crippen LogP contribution is -2.39. The number of aliphatic imine (C=N–C) groups is 1. The smallest absolute Gasteiger partial charge is 0.191 e. The number of pyridine rings is 1. The molecule has 2 heterocycles. The van der Waals surface area contributed by atoms with Gasteiger partial charge in [-0.25, -0.2) is 0 Å². The molecule has 27 heavy (non-hydrogen) atoms. The Morgan fingerprint density at radius 2 is 1.96 bits per heavy atom. The van der Waals surface area contributed by atoms with E-state index in [1.807, 2.05) is 60.0 Å². The van der Waals surface area contributed by atoms with E-state index in [4.69, 9.17) is 4.74 Å². The van der Waals surface area contributed by atoms with E-state index in [1.165, 1.54) is 5.56 Å². The average molecular weight is 366 g/mol. The Kier molecular flexibility index (Phi) is 6.62. The zero-order valence-corrected chi connectivity index (χ0v) is 15.9. The average Bonchev–Trinajstić information content (AvgIpc) is 3.10. The molecule has 0 aliphatic rings. The van der Waals surface area contributed by atoms with Gasteiger partial charge in [-0.3, -0.25) is 9.39 Å². The SMILES string of the molecule is CCNC(=NCCc1nnc2ccccn12)NCCOc1ccc(C)cc1. The van der Waals surface area contributed by atoms with Gasteiger partial charge in [0.2, 0.25) is 0 Å². The molecule has 2 aromatic heterocycles. The van der Waals surface area contributed by atoms with E-state index in [-0.39, 0.29) is 0 Å². The number of hydrogen-bond acceptors (Lipinski definition) is 4. The van der Waals surface area contributed by atoms with Crippen molar-refractivity contribution >= 4 is 11.6 Å². The summed E-state index contributed by atoms with van der Waals surface area (Å²) in [5.74, 6) is 2.56. The normalized spacial score (nSPS) is 11.6. The molecule has 0 amide bonds. The fourth-order valence-electron chi connectivity index (χ4n) is 2.64. The zero-order chi connectivity index (χ0) is 18.9. The first-order chi connectivity index (χ1) is 13.3. The molecule has 3 rings (SSSR count). The number of benzene rings is 1. The highest BCUT2D eigenvalue weighted by Crippen LogP contribution is 2.10. The Morgan fingerprint density at radius 3 is 2.78 bits per heavy atom. The molecule has 0 atom stereocenters. The topological polar surface area (TPSA) is 75.8 Å². The predicted octanol–water partition coefficient (Wildman–Crippen LogP) is 2.21. The highest BCUT2D eigenvalue weighted by molar-refractivity contribution is 5.79. The van der Waals surface area contributed by atoms with Crippen molar-refractivity contribution < 1.29 is 4.74 Å². The Bertz CT molecular complexity index is 872.